The van der Waals surface area contributed by atoms with Gasteiger partial charge in [0.2, 0.25) is 0 Å². The van der Waals surface area contributed by atoms with Gasteiger partial charge in [0.1, 0.15) is 34.5 Å². The van der Waals surface area contributed by atoms with Crippen LogP contribution in [0.4, 0.5) is 32.0 Å². The number of hydrogen-bond acceptors (Lipinski definition) is 4. The molecule has 0 amide bonds. The van der Waals surface area contributed by atoms with E-state index in [1.807, 2.05) is 0 Å². The van der Waals surface area contributed by atoms with E-state index >= 15 is 0 Å². The molecular formula is C32H23F6NO2S. The molecule has 0 aliphatic carbocycles. The molecule has 4 aromatic carbocycles. The molecule has 0 aromatic heterocycles. The minimum atomic E-state index is -5.13. The van der Waals surface area contributed by atoms with Gasteiger partial charge in [0.25, 0.3) is 0 Å². The Kier molecular flexibility index (Phi) is 9.83. The first-order chi connectivity index (χ1) is 20.0. The quantitative estimate of drug-likeness (QED) is 0.0744. The van der Waals surface area contributed by atoms with Gasteiger partial charge in [-0.05, 0) is 77.4 Å². The predicted molar refractivity (Wildman–Crippen MR) is 153 cm³/mol. The van der Waals surface area contributed by atoms with Gasteiger partial charge < -0.3 is 9.47 Å². The smallest absolute Gasteiger partial charge is 0.422 e. The number of benzene rings is 4. The normalized spacial score (nSPS) is 11.1. The summed E-state index contributed by atoms with van der Waals surface area (Å²) >= 11 is 4.58. The SMILES string of the molecule is C=C(CCOc1ccc(-c2cc(F)c(C(F)(F)F)c(F)c2)cc1)CCOc1ccc(-c2ccc(N=C=S)cc2)c(F)c1. The number of ether oxygens (including phenoxy) is 2. The lowest BCUT2D eigenvalue weighted by Crippen LogP contribution is -2.11. The zero-order chi connectivity index (χ0) is 30.3. The first-order valence-electron chi connectivity index (χ1n) is 12.6. The third kappa shape index (κ3) is 7.87. The van der Waals surface area contributed by atoms with Crippen LogP contribution in [0.1, 0.15) is 18.4 Å². The van der Waals surface area contributed by atoms with Gasteiger partial charge in [-0.2, -0.15) is 18.2 Å². The molecule has 0 aliphatic heterocycles. The molecule has 0 aliphatic rings. The molecule has 4 aromatic rings. The van der Waals surface area contributed by atoms with E-state index < -0.39 is 29.2 Å². The van der Waals surface area contributed by atoms with Gasteiger partial charge >= 0.3 is 6.18 Å². The summed E-state index contributed by atoms with van der Waals surface area (Å²) in [7, 11) is 0. The van der Waals surface area contributed by atoms with Crippen LogP contribution in [-0.4, -0.2) is 18.4 Å². The molecule has 0 heterocycles. The third-order valence-corrected chi connectivity index (χ3v) is 6.35. The molecule has 0 radical (unpaired) electrons. The highest BCUT2D eigenvalue weighted by atomic mass is 32.1. The van der Waals surface area contributed by atoms with Gasteiger partial charge in [-0.3, -0.25) is 0 Å². The van der Waals surface area contributed by atoms with Crippen LogP contribution in [0.25, 0.3) is 22.3 Å². The Morgan fingerprint density at radius 1 is 0.714 bits per heavy atom. The van der Waals surface area contributed by atoms with E-state index in [0.29, 0.717) is 65.5 Å². The van der Waals surface area contributed by atoms with Crippen molar-refractivity contribution in [2.75, 3.05) is 13.2 Å². The van der Waals surface area contributed by atoms with Crippen LogP contribution in [0.2, 0.25) is 0 Å². The van der Waals surface area contributed by atoms with E-state index in [0.717, 1.165) is 5.57 Å². The molecule has 0 spiro atoms. The first kappa shape index (κ1) is 30.6. The molecular weight excluding hydrogens is 576 g/mol. The van der Waals surface area contributed by atoms with Gasteiger partial charge in [-0.25, -0.2) is 13.2 Å². The summed E-state index contributed by atoms with van der Waals surface area (Å²) in [6, 6.07) is 19.0. The average molecular weight is 600 g/mol. The van der Waals surface area contributed by atoms with Crippen molar-refractivity contribution in [2.24, 2.45) is 4.99 Å². The standard InChI is InChI=1S/C32H23F6NO2S/c1-20(13-15-41-26-10-11-27(28(33)18-26)22-2-6-24(7-3-22)39-19-42)12-14-40-25-8-4-21(5-9-25)23-16-29(34)31(30(35)17-23)32(36,37)38/h2-11,16-18H,1,12-15H2. The lowest BCUT2D eigenvalue weighted by Gasteiger charge is -2.12. The maximum absolute atomic E-state index is 14.7. The summed E-state index contributed by atoms with van der Waals surface area (Å²) in [5, 5.41) is 2.28. The van der Waals surface area contributed by atoms with Gasteiger partial charge in [0.15, 0.2) is 0 Å². The Hall–Kier alpha value is -4.40. The van der Waals surface area contributed by atoms with Crippen LogP contribution >= 0.6 is 12.2 Å². The highest BCUT2D eigenvalue weighted by molar-refractivity contribution is 7.78. The first-order valence-corrected chi connectivity index (χ1v) is 13.0. The summed E-state index contributed by atoms with van der Waals surface area (Å²) in [5.74, 6) is -2.93. The van der Waals surface area contributed by atoms with E-state index in [-0.39, 0.29) is 12.2 Å². The number of aliphatic imine (C=N–C) groups is 1. The summed E-state index contributed by atoms with van der Waals surface area (Å²) in [5.41, 5.74) is 0.969. The van der Waals surface area contributed by atoms with Gasteiger partial charge in [0, 0.05) is 24.5 Å². The van der Waals surface area contributed by atoms with E-state index in [1.165, 1.54) is 18.2 Å². The molecule has 0 N–H and O–H groups in total. The fraction of sp³-hybridized carbons (Fsp3) is 0.156. The van der Waals surface area contributed by atoms with Gasteiger partial charge in [-0.15, -0.1) is 0 Å². The lowest BCUT2D eigenvalue weighted by atomic mass is 10.0. The molecule has 0 saturated carbocycles. The predicted octanol–water partition coefficient (Wildman–Crippen LogP) is 9.99. The fourth-order valence-electron chi connectivity index (χ4n) is 4.09. The van der Waals surface area contributed by atoms with Crippen molar-refractivity contribution >= 4 is 23.1 Å². The Balaban J connectivity index is 1.22. The number of hydrogen-bond donors (Lipinski definition) is 0. The summed E-state index contributed by atoms with van der Waals surface area (Å²) in [4.78, 5) is 3.87. The Morgan fingerprint density at radius 3 is 1.81 bits per heavy atom. The topological polar surface area (TPSA) is 30.8 Å². The maximum Gasteiger partial charge on any atom is 0.422 e. The molecule has 216 valence electrons. The molecule has 0 unspecified atom stereocenters. The lowest BCUT2D eigenvalue weighted by molar-refractivity contribution is -0.142. The number of isothiocyanates is 1. The van der Waals surface area contributed by atoms with Crippen molar-refractivity contribution in [1.82, 2.24) is 0 Å². The molecule has 42 heavy (non-hydrogen) atoms. The minimum absolute atomic E-state index is 0.0285. The van der Waals surface area contributed by atoms with E-state index in [1.54, 1.807) is 48.5 Å². The van der Waals surface area contributed by atoms with Crippen LogP contribution in [0.5, 0.6) is 11.5 Å². The molecule has 3 nitrogen and oxygen atoms in total. The molecule has 0 fully saturated rings. The monoisotopic (exact) mass is 599 g/mol. The van der Waals surface area contributed by atoms with E-state index in [4.69, 9.17) is 9.47 Å². The summed E-state index contributed by atoms with van der Waals surface area (Å²) < 4.78 is 92.2. The number of halogens is 6. The minimum Gasteiger partial charge on any atom is -0.493 e. The van der Waals surface area contributed by atoms with Crippen LogP contribution in [0.15, 0.2) is 96.0 Å². The van der Waals surface area contributed by atoms with E-state index in [2.05, 4.69) is 29.0 Å². The number of nitrogens with zero attached hydrogens (tertiary/aromatic N) is 1. The zero-order valence-electron chi connectivity index (χ0n) is 22.0. The van der Waals surface area contributed by atoms with E-state index in [9.17, 15) is 26.3 Å². The van der Waals surface area contributed by atoms with Crippen molar-refractivity contribution < 1.29 is 35.8 Å². The second-order valence-corrected chi connectivity index (χ2v) is 9.36. The third-order valence-electron chi connectivity index (χ3n) is 6.26. The second-order valence-electron chi connectivity index (χ2n) is 9.18. The van der Waals surface area contributed by atoms with Crippen molar-refractivity contribution in [3.63, 3.8) is 0 Å². The van der Waals surface area contributed by atoms with Crippen molar-refractivity contribution in [2.45, 2.75) is 19.0 Å². The van der Waals surface area contributed by atoms with Gasteiger partial charge in [-0.1, -0.05) is 36.4 Å². The van der Waals surface area contributed by atoms with Crippen molar-refractivity contribution in [1.29, 1.82) is 0 Å². The molecule has 0 bridgehead atoms. The highest BCUT2D eigenvalue weighted by Gasteiger charge is 2.38. The van der Waals surface area contributed by atoms with Crippen LogP contribution in [-0.2, 0) is 6.18 Å². The Morgan fingerprint density at radius 2 is 1.26 bits per heavy atom. The average Bonchev–Trinajstić information content (AvgIpc) is 2.93. The van der Waals surface area contributed by atoms with Crippen molar-refractivity contribution in [3.05, 3.63) is 114 Å². The molecule has 0 atom stereocenters. The molecule has 0 saturated heterocycles. The largest absolute Gasteiger partial charge is 0.493 e. The number of alkyl halides is 3. The van der Waals surface area contributed by atoms with Gasteiger partial charge in [0.05, 0.1) is 24.1 Å². The fourth-order valence-corrected chi connectivity index (χ4v) is 4.20. The van der Waals surface area contributed by atoms with Crippen LogP contribution < -0.4 is 9.47 Å². The zero-order valence-corrected chi connectivity index (χ0v) is 22.8. The van der Waals surface area contributed by atoms with Crippen LogP contribution in [0.3, 0.4) is 0 Å². The number of rotatable bonds is 11. The molecule has 4 rings (SSSR count). The second kappa shape index (κ2) is 13.5. The summed E-state index contributed by atoms with van der Waals surface area (Å²) in [6.07, 6.45) is -4.10. The Bertz CT molecular complexity index is 1590. The number of thiocarbonyl (C=S) groups is 1. The molecule has 10 heteroatoms. The summed E-state index contributed by atoms with van der Waals surface area (Å²) in [6.45, 7) is 4.58. The van der Waals surface area contributed by atoms with Crippen LogP contribution in [0, 0.1) is 17.5 Å². The highest BCUT2D eigenvalue weighted by Crippen LogP contribution is 2.36. The van der Waals surface area contributed by atoms with Crippen molar-refractivity contribution in [3.8, 4) is 33.8 Å². The maximum atomic E-state index is 14.7. The Labute approximate surface area is 243 Å².